The number of aliphatic hydroxyl groups excluding tert-OH is 2. The lowest BCUT2D eigenvalue weighted by atomic mass is 9.96. The fourth-order valence-corrected chi connectivity index (χ4v) is 9.57. The molecule has 31 heteroatoms. The van der Waals surface area contributed by atoms with Gasteiger partial charge in [0.15, 0.2) is 0 Å². The molecule has 1 aromatic heterocycles. The number of para-hydroxylation sites is 1. The molecule has 514 valence electrons. The standard InChI is InChI=1S/C62H93N13O18/c1-8-34(6)51(74-61(91)52(35(7)77)75-58(88)43(27-36-16-10-9-11-17-36)71-59(89)50(64)33(4)5)60(90)70-42(22-24-49(81)82)55(85)68-40(20-14-15-25-63)54(84)69-41(21-23-48(79)80)56(86)73-46(31-76)53(83)66-30-47(78)67-44(57(87)72-45(62(92)93)26-32(2)3)28-37-29-65-39-19-13-12-18-38(37)39/h9-13,16-19,29,32-35,40-46,50-52,65,76-77H,8,14-15,20-28,30-31,63-64H2,1-7H3,(H,66,83)(H,67,78)(H,68,85)(H,69,84)(H,70,90)(H,71,89)(H,72,87)(H,73,86)(H,74,91)(H,75,88)(H,79,80)(H,81,82)(H,92,93)/t34-,35+,40-,41-,42-,43-,44-,45-,46-,50-,51-,52-/m0/s1. The molecule has 0 saturated carbocycles. The number of H-pyrrole nitrogens is 1. The van der Waals surface area contributed by atoms with Gasteiger partial charge in [-0.15, -0.1) is 0 Å². The van der Waals surface area contributed by atoms with E-state index in [-0.39, 0.29) is 63.3 Å². The summed E-state index contributed by atoms with van der Waals surface area (Å²) in [6, 6.07) is 0.406. The Balaban J connectivity index is 1.84. The molecule has 1 heterocycles. The second-order valence-electron chi connectivity index (χ2n) is 23.6. The Hall–Kier alpha value is -9.07. The van der Waals surface area contributed by atoms with E-state index in [4.69, 9.17) is 11.5 Å². The van der Waals surface area contributed by atoms with E-state index in [2.05, 4.69) is 58.2 Å². The largest absolute Gasteiger partial charge is 0.481 e. The minimum absolute atomic E-state index is 0.0520. The third kappa shape index (κ3) is 26.6. The average molecular weight is 1310 g/mol. The third-order valence-corrected chi connectivity index (χ3v) is 15.2. The number of carbonyl (C=O) groups is 13. The number of hydrogen-bond donors (Lipinski definition) is 18. The van der Waals surface area contributed by atoms with Crippen molar-refractivity contribution in [3.8, 4) is 0 Å². The molecule has 0 bridgehead atoms. The molecule has 0 spiro atoms. The van der Waals surface area contributed by atoms with E-state index >= 15 is 0 Å². The maximum atomic E-state index is 14.3. The number of aliphatic hydroxyl groups is 2. The van der Waals surface area contributed by atoms with E-state index in [1.54, 1.807) is 102 Å². The number of carbonyl (C=O) groups excluding carboxylic acids is 10. The number of aromatic nitrogens is 1. The average Bonchev–Trinajstić information content (AvgIpc) is 1.80. The number of nitrogens with one attached hydrogen (secondary N) is 11. The van der Waals surface area contributed by atoms with Crippen molar-refractivity contribution in [1.82, 2.24) is 58.2 Å². The third-order valence-electron chi connectivity index (χ3n) is 15.2. The van der Waals surface area contributed by atoms with Gasteiger partial charge in [0, 0.05) is 42.8 Å². The first-order valence-corrected chi connectivity index (χ1v) is 30.9. The lowest BCUT2D eigenvalue weighted by Gasteiger charge is -2.30. The highest BCUT2D eigenvalue weighted by Crippen LogP contribution is 2.20. The van der Waals surface area contributed by atoms with Gasteiger partial charge in [0.1, 0.15) is 54.4 Å². The number of fused-ring (bicyclic) bond motifs is 1. The summed E-state index contributed by atoms with van der Waals surface area (Å²) in [6.45, 7) is 9.50. The monoisotopic (exact) mass is 1310 g/mol. The molecule has 0 saturated heterocycles. The summed E-state index contributed by atoms with van der Waals surface area (Å²) >= 11 is 0. The topological polar surface area (TPSA) is 511 Å². The molecule has 3 rings (SSSR count). The van der Waals surface area contributed by atoms with Crippen LogP contribution in [0, 0.1) is 17.8 Å². The van der Waals surface area contributed by atoms with Crippen molar-refractivity contribution in [2.24, 2.45) is 29.2 Å². The van der Waals surface area contributed by atoms with Crippen molar-refractivity contribution >= 4 is 87.9 Å². The number of unbranched alkanes of at least 4 members (excludes halogenated alkanes) is 1. The fourth-order valence-electron chi connectivity index (χ4n) is 9.57. The molecule has 12 atom stereocenters. The number of aromatic amines is 1. The maximum absolute atomic E-state index is 14.3. The Morgan fingerprint density at radius 3 is 1.54 bits per heavy atom. The minimum atomic E-state index is -1.85. The molecular formula is C62H93N13O18. The van der Waals surface area contributed by atoms with E-state index in [9.17, 15) is 87.9 Å². The molecule has 10 amide bonds. The van der Waals surface area contributed by atoms with Gasteiger partial charge in [-0.2, -0.15) is 0 Å². The number of carboxylic acid groups (broad SMARTS) is 3. The first kappa shape index (κ1) is 78.2. The first-order valence-electron chi connectivity index (χ1n) is 30.9. The summed E-state index contributed by atoms with van der Waals surface area (Å²) in [5, 5.41) is 75.3. The molecule has 20 N–H and O–H groups in total. The molecule has 0 aliphatic rings. The molecule has 0 fully saturated rings. The van der Waals surface area contributed by atoms with Gasteiger partial charge >= 0.3 is 17.9 Å². The second-order valence-corrected chi connectivity index (χ2v) is 23.6. The number of nitrogens with two attached hydrogens (primary N) is 2. The van der Waals surface area contributed by atoms with Crippen LogP contribution in [0.15, 0.2) is 60.8 Å². The fraction of sp³-hybridized carbons (Fsp3) is 0.565. The van der Waals surface area contributed by atoms with Crippen LogP contribution in [0.4, 0.5) is 0 Å². The van der Waals surface area contributed by atoms with Crippen molar-refractivity contribution in [3.05, 3.63) is 71.9 Å². The summed E-state index contributed by atoms with van der Waals surface area (Å²) in [7, 11) is 0. The van der Waals surface area contributed by atoms with Gasteiger partial charge in [0.25, 0.3) is 0 Å². The van der Waals surface area contributed by atoms with Crippen LogP contribution < -0.4 is 64.6 Å². The summed E-state index contributed by atoms with van der Waals surface area (Å²) < 4.78 is 0. The Labute approximate surface area is 538 Å². The number of benzene rings is 2. The second kappa shape index (κ2) is 39.4. The predicted octanol–water partition coefficient (Wildman–Crippen LogP) is -2.18. The SMILES string of the molecule is CC[C@H](C)[C@H](NC(=O)[C@@H](NC(=O)[C@H](Cc1ccccc1)NC(=O)[C@@H](N)C(C)C)[C@@H](C)O)C(=O)N[C@@H](CCC(=O)O)C(=O)N[C@@H](CCCCN)C(=O)N[C@@H](CCC(=O)O)C(=O)N[C@@H](CO)C(=O)NCC(=O)N[C@@H](Cc1c[nH]c2ccccc12)C(=O)N[C@@H](CC(C)C)C(=O)O. The number of amides is 10. The predicted molar refractivity (Wildman–Crippen MR) is 337 cm³/mol. The molecule has 2 aromatic carbocycles. The van der Waals surface area contributed by atoms with Crippen molar-refractivity contribution < 1.29 is 87.9 Å². The number of rotatable bonds is 42. The van der Waals surface area contributed by atoms with Gasteiger partial charge < -0.3 is 95.2 Å². The highest BCUT2D eigenvalue weighted by atomic mass is 16.4. The molecule has 31 nitrogen and oxygen atoms in total. The zero-order valence-electron chi connectivity index (χ0n) is 53.5. The van der Waals surface area contributed by atoms with Gasteiger partial charge in [-0.3, -0.25) is 57.5 Å². The Morgan fingerprint density at radius 1 is 0.527 bits per heavy atom. The van der Waals surface area contributed by atoms with E-state index in [1.807, 2.05) is 0 Å². The van der Waals surface area contributed by atoms with E-state index in [1.165, 1.54) is 6.92 Å². The van der Waals surface area contributed by atoms with Gasteiger partial charge in [-0.05, 0) is 86.9 Å². The minimum Gasteiger partial charge on any atom is -0.481 e. The molecule has 0 unspecified atom stereocenters. The number of aliphatic carboxylic acids is 3. The van der Waals surface area contributed by atoms with Crippen LogP contribution in [0.3, 0.4) is 0 Å². The van der Waals surface area contributed by atoms with Crippen LogP contribution in [0.25, 0.3) is 10.9 Å². The van der Waals surface area contributed by atoms with Crippen molar-refractivity contribution in [2.75, 3.05) is 19.7 Å². The highest BCUT2D eigenvalue weighted by Gasteiger charge is 2.38. The maximum Gasteiger partial charge on any atom is 0.326 e. The first-order chi connectivity index (χ1) is 43.9. The van der Waals surface area contributed by atoms with Gasteiger partial charge in [0.05, 0.1) is 25.3 Å². The lowest BCUT2D eigenvalue weighted by molar-refractivity contribution is -0.142. The van der Waals surface area contributed by atoms with Crippen LogP contribution in [0.2, 0.25) is 0 Å². The van der Waals surface area contributed by atoms with Crippen molar-refractivity contribution in [2.45, 2.75) is 186 Å². The summed E-state index contributed by atoms with van der Waals surface area (Å²) in [4.78, 5) is 177. The smallest absolute Gasteiger partial charge is 0.326 e. The zero-order chi connectivity index (χ0) is 69.6. The van der Waals surface area contributed by atoms with Crippen molar-refractivity contribution in [3.63, 3.8) is 0 Å². The molecule has 0 radical (unpaired) electrons. The Kier molecular flexibility index (Phi) is 33.1. The molecule has 3 aromatic rings. The lowest BCUT2D eigenvalue weighted by Crippen LogP contribution is -2.62. The van der Waals surface area contributed by atoms with Crippen molar-refractivity contribution in [1.29, 1.82) is 0 Å². The highest BCUT2D eigenvalue weighted by molar-refractivity contribution is 5.99. The Bertz CT molecular complexity index is 3030. The van der Waals surface area contributed by atoms with E-state index in [0.717, 1.165) is 0 Å². The van der Waals surface area contributed by atoms with Crippen LogP contribution in [-0.4, -0.2) is 194 Å². The molecule has 0 aliphatic heterocycles. The normalized spacial score (nSPS) is 15.2. The van der Waals surface area contributed by atoms with Gasteiger partial charge in [-0.1, -0.05) is 96.5 Å². The van der Waals surface area contributed by atoms with Gasteiger partial charge in [0.2, 0.25) is 59.1 Å². The van der Waals surface area contributed by atoms with Crippen LogP contribution in [0.1, 0.15) is 117 Å². The molecule has 0 aliphatic carbocycles. The zero-order valence-corrected chi connectivity index (χ0v) is 53.5. The summed E-state index contributed by atoms with van der Waals surface area (Å²) in [6.07, 6.45) is -2.35. The molecular weight excluding hydrogens is 1210 g/mol. The summed E-state index contributed by atoms with van der Waals surface area (Å²) in [5.74, 6) is -15.4. The van der Waals surface area contributed by atoms with Crippen LogP contribution in [0.5, 0.6) is 0 Å². The number of hydrogen-bond acceptors (Lipinski definition) is 17. The molecule has 93 heavy (non-hydrogen) atoms. The van der Waals surface area contributed by atoms with Gasteiger partial charge in [-0.25, -0.2) is 4.79 Å². The van der Waals surface area contributed by atoms with E-state index < -0.39 is 188 Å². The number of carboxylic acids is 3. The quantitative estimate of drug-likeness (QED) is 0.0268. The van der Waals surface area contributed by atoms with Crippen LogP contribution >= 0.6 is 0 Å². The Morgan fingerprint density at radius 2 is 1.01 bits per heavy atom. The van der Waals surface area contributed by atoms with Crippen LogP contribution in [-0.2, 0) is 75.2 Å². The summed E-state index contributed by atoms with van der Waals surface area (Å²) in [5.41, 5.74) is 13.7. The van der Waals surface area contributed by atoms with E-state index in [0.29, 0.717) is 22.0 Å².